The first-order valence-electron chi connectivity index (χ1n) is 6.26. The van der Waals surface area contributed by atoms with Crippen LogP contribution in [0.5, 0.6) is 0 Å². The van der Waals surface area contributed by atoms with Crippen molar-refractivity contribution in [2.45, 2.75) is 18.9 Å². The van der Waals surface area contributed by atoms with Gasteiger partial charge in [0.2, 0.25) is 0 Å². The molecule has 0 aromatic heterocycles. The van der Waals surface area contributed by atoms with Crippen LogP contribution >= 0.6 is 17.0 Å². The number of halogens is 1. The molecule has 0 saturated heterocycles. The van der Waals surface area contributed by atoms with Crippen LogP contribution in [0.1, 0.15) is 16.7 Å². The molecular formula is C16H18BrNO2. The van der Waals surface area contributed by atoms with E-state index in [1.807, 2.05) is 42.5 Å². The first-order valence-corrected chi connectivity index (χ1v) is 6.26. The molecular weight excluding hydrogens is 318 g/mol. The molecule has 0 aliphatic carbocycles. The Kier molecular flexibility index (Phi) is 6.42. The SMILES string of the molecule is Br.N[C@@H](Cc1ccccc1Cc1ccccc1)C(=O)O. The summed E-state index contributed by atoms with van der Waals surface area (Å²) >= 11 is 0. The molecule has 0 amide bonds. The lowest BCUT2D eigenvalue weighted by Gasteiger charge is -2.12. The number of carboxylic acid groups (broad SMARTS) is 1. The predicted molar refractivity (Wildman–Crippen MR) is 85.3 cm³/mol. The van der Waals surface area contributed by atoms with Crippen molar-refractivity contribution in [3.05, 3.63) is 71.3 Å². The van der Waals surface area contributed by atoms with Gasteiger partial charge in [-0.15, -0.1) is 17.0 Å². The van der Waals surface area contributed by atoms with Crippen molar-refractivity contribution < 1.29 is 9.90 Å². The second kappa shape index (κ2) is 7.82. The monoisotopic (exact) mass is 335 g/mol. The van der Waals surface area contributed by atoms with Gasteiger partial charge in [-0.05, 0) is 29.5 Å². The average molecular weight is 336 g/mol. The van der Waals surface area contributed by atoms with E-state index in [1.54, 1.807) is 0 Å². The van der Waals surface area contributed by atoms with Gasteiger partial charge in [0, 0.05) is 0 Å². The quantitative estimate of drug-likeness (QED) is 0.883. The molecule has 0 aliphatic rings. The van der Waals surface area contributed by atoms with Crippen molar-refractivity contribution in [2.75, 3.05) is 0 Å². The molecule has 3 N–H and O–H groups in total. The van der Waals surface area contributed by atoms with Gasteiger partial charge in [-0.25, -0.2) is 0 Å². The highest BCUT2D eigenvalue weighted by Gasteiger charge is 2.14. The molecule has 3 nitrogen and oxygen atoms in total. The Bertz CT molecular complexity index is 557. The van der Waals surface area contributed by atoms with Crippen LogP contribution in [-0.2, 0) is 17.6 Å². The van der Waals surface area contributed by atoms with E-state index in [-0.39, 0.29) is 17.0 Å². The van der Waals surface area contributed by atoms with Gasteiger partial charge in [-0.3, -0.25) is 4.79 Å². The van der Waals surface area contributed by atoms with Gasteiger partial charge < -0.3 is 10.8 Å². The van der Waals surface area contributed by atoms with Crippen LogP contribution in [0.25, 0.3) is 0 Å². The van der Waals surface area contributed by atoms with E-state index in [9.17, 15) is 4.79 Å². The summed E-state index contributed by atoms with van der Waals surface area (Å²) < 4.78 is 0. The number of aliphatic carboxylic acids is 1. The van der Waals surface area contributed by atoms with Gasteiger partial charge in [-0.1, -0.05) is 54.6 Å². The number of hydrogen-bond acceptors (Lipinski definition) is 2. The van der Waals surface area contributed by atoms with Gasteiger partial charge in [0.15, 0.2) is 0 Å². The Morgan fingerprint density at radius 1 is 1.00 bits per heavy atom. The fourth-order valence-corrected chi connectivity index (χ4v) is 2.07. The van der Waals surface area contributed by atoms with Gasteiger partial charge in [0.25, 0.3) is 0 Å². The third-order valence-electron chi connectivity index (χ3n) is 3.11. The van der Waals surface area contributed by atoms with Crippen LogP contribution in [-0.4, -0.2) is 17.1 Å². The first kappa shape index (κ1) is 16.4. The predicted octanol–water partition coefficient (Wildman–Crippen LogP) is 2.81. The fourth-order valence-electron chi connectivity index (χ4n) is 2.07. The summed E-state index contributed by atoms with van der Waals surface area (Å²) in [4.78, 5) is 10.8. The highest BCUT2D eigenvalue weighted by atomic mass is 79.9. The molecule has 0 fully saturated rings. The molecule has 4 heteroatoms. The zero-order valence-electron chi connectivity index (χ0n) is 11.0. The van der Waals surface area contributed by atoms with E-state index >= 15 is 0 Å². The van der Waals surface area contributed by atoms with Crippen LogP contribution in [0.2, 0.25) is 0 Å². The number of benzene rings is 2. The van der Waals surface area contributed by atoms with E-state index in [0.29, 0.717) is 6.42 Å². The van der Waals surface area contributed by atoms with Crippen LogP contribution in [0, 0.1) is 0 Å². The largest absolute Gasteiger partial charge is 0.480 e. The topological polar surface area (TPSA) is 63.3 Å². The van der Waals surface area contributed by atoms with E-state index in [4.69, 9.17) is 10.8 Å². The standard InChI is InChI=1S/C16H17NO2.BrH/c17-15(16(18)19)11-14-9-5-4-8-13(14)10-12-6-2-1-3-7-12;/h1-9,15H,10-11,17H2,(H,18,19);1H/t15-;/m0./s1. The minimum atomic E-state index is -0.963. The molecule has 0 heterocycles. The number of rotatable bonds is 5. The third-order valence-corrected chi connectivity index (χ3v) is 3.11. The molecule has 0 aliphatic heterocycles. The van der Waals surface area contributed by atoms with E-state index in [2.05, 4.69) is 12.1 Å². The van der Waals surface area contributed by atoms with Crippen LogP contribution < -0.4 is 5.73 Å². The van der Waals surface area contributed by atoms with Crippen molar-refractivity contribution in [1.82, 2.24) is 0 Å². The van der Waals surface area contributed by atoms with Crippen molar-refractivity contribution in [3.8, 4) is 0 Å². The highest BCUT2D eigenvalue weighted by molar-refractivity contribution is 8.93. The highest BCUT2D eigenvalue weighted by Crippen LogP contribution is 2.15. The Morgan fingerprint density at radius 2 is 1.55 bits per heavy atom. The molecule has 106 valence electrons. The minimum absolute atomic E-state index is 0. The minimum Gasteiger partial charge on any atom is -0.480 e. The van der Waals surface area contributed by atoms with Crippen LogP contribution in [0.4, 0.5) is 0 Å². The molecule has 2 aromatic rings. The van der Waals surface area contributed by atoms with E-state index in [0.717, 1.165) is 17.5 Å². The van der Waals surface area contributed by atoms with E-state index in [1.165, 1.54) is 5.56 Å². The Balaban J connectivity index is 0.00000200. The molecule has 0 bridgehead atoms. The first-order chi connectivity index (χ1) is 9.16. The van der Waals surface area contributed by atoms with Crippen molar-refractivity contribution in [1.29, 1.82) is 0 Å². The van der Waals surface area contributed by atoms with Crippen LogP contribution in [0.15, 0.2) is 54.6 Å². The van der Waals surface area contributed by atoms with Crippen molar-refractivity contribution >= 4 is 23.0 Å². The molecule has 2 aromatic carbocycles. The smallest absolute Gasteiger partial charge is 0.320 e. The molecule has 0 spiro atoms. The summed E-state index contributed by atoms with van der Waals surface area (Å²) in [7, 11) is 0. The van der Waals surface area contributed by atoms with Crippen molar-refractivity contribution in [3.63, 3.8) is 0 Å². The summed E-state index contributed by atoms with van der Waals surface area (Å²) in [6, 6.07) is 17.1. The zero-order chi connectivity index (χ0) is 13.7. The van der Waals surface area contributed by atoms with Crippen molar-refractivity contribution in [2.24, 2.45) is 5.73 Å². The molecule has 20 heavy (non-hydrogen) atoms. The number of hydrogen-bond donors (Lipinski definition) is 2. The lowest BCUT2D eigenvalue weighted by Crippen LogP contribution is -2.32. The maximum absolute atomic E-state index is 10.8. The van der Waals surface area contributed by atoms with Gasteiger partial charge >= 0.3 is 5.97 Å². The molecule has 0 saturated carbocycles. The molecule has 2 rings (SSSR count). The second-order valence-electron chi connectivity index (χ2n) is 4.58. The molecule has 1 atom stereocenters. The average Bonchev–Trinajstić information content (AvgIpc) is 2.42. The van der Waals surface area contributed by atoms with E-state index < -0.39 is 12.0 Å². The Hall–Kier alpha value is -1.65. The summed E-state index contributed by atoms with van der Waals surface area (Å²) in [5.74, 6) is -0.963. The normalized spacial score (nSPS) is 11.4. The second-order valence-corrected chi connectivity index (χ2v) is 4.58. The maximum Gasteiger partial charge on any atom is 0.320 e. The van der Waals surface area contributed by atoms with Crippen LogP contribution in [0.3, 0.4) is 0 Å². The number of nitrogens with two attached hydrogens (primary N) is 1. The Morgan fingerprint density at radius 3 is 2.15 bits per heavy atom. The third kappa shape index (κ3) is 4.47. The van der Waals surface area contributed by atoms with Gasteiger partial charge in [0.1, 0.15) is 6.04 Å². The summed E-state index contributed by atoms with van der Waals surface area (Å²) in [5, 5.41) is 8.90. The summed E-state index contributed by atoms with van der Waals surface area (Å²) in [5.41, 5.74) is 8.95. The molecule has 0 unspecified atom stereocenters. The molecule has 0 radical (unpaired) electrons. The summed E-state index contributed by atoms with van der Waals surface area (Å²) in [6.07, 6.45) is 1.15. The summed E-state index contributed by atoms with van der Waals surface area (Å²) in [6.45, 7) is 0. The number of carbonyl (C=O) groups is 1. The van der Waals surface area contributed by atoms with Gasteiger partial charge in [0.05, 0.1) is 0 Å². The fraction of sp³-hybridized carbons (Fsp3) is 0.188. The zero-order valence-corrected chi connectivity index (χ0v) is 12.7. The maximum atomic E-state index is 10.8. The lowest BCUT2D eigenvalue weighted by atomic mass is 9.96. The Labute approximate surface area is 129 Å². The van der Waals surface area contributed by atoms with Gasteiger partial charge in [-0.2, -0.15) is 0 Å². The lowest BCUT2D eigenvalue weighted by molar-refractivity contribution is -0.138. The number of carboxylic acids is 1.